The number of para-hydroxylation sites is 1. The molecule has 5 aromatic rings. The molecule has 0 bridgehead atoms. The highest BCUT2D eigenvalue weighted by Crippen LogP contribution is 2.38. The highest BCUT2D eigenvalue weighted by Gasteiger charge is 2.38. The van der Waals surface area contributed by atoms with Gasteiger partial charge in [0.2, 0.25) is 0 Å². The number of hydrogen-bond acceptors (Lipinski definition) is 5. The van der Waals surface area contributed by atoms with Gasteiger partial charge in [-0.25, -0.2) is 4.98 Å². The van der Waals surface area contributed by atoms with Gasteiger partial charge in [0, 0.05) is 33.1 Å². The van der Waals surface area contributed by atoms with Gasteiger partial charge in [0.1, 0.15) is 12.0 Å². The van der Waals surface area contributed by atoms with E-state index in [9.17, 15) is 10.2 Å². The number of aromatic amines is 1. The van der Waals surface area contributed by atoms with Crippen LogP contribution < -0.4 is 10.1 Å². The Morgan fingerprint density at radius 2 is 1.92 bits per heavy atom. The Labute approximate surface area is 219 Å². The molecule has 7 heteroatoms. The number of fused-ring (bicyclic) bond motifs is 4. The summed E-state index contributed by atoms with van der Waals surface area (Å²) in [4.78, 5) is 8.32. The number of rotatable bonds is 6. The Morgan fingerprint density at radius 1 is 1.08 bits per heavy atom. The molecule has 0 saturated heterocycles. The largest absolute Gasteiger partial charge is 0.497 e. The number of H-pyrrole nitrogens is 1. The number of ether oxygens (including phenoxy) is 1. The van der Waals surface area contributed by atoms with Gasteiger partial charge in [0.05, 0.1) is 35.5 Å². The summed E-state index contributed by atoms with van der Waals surface area (Å²) < 4.78 is 5.46. The molecule has 6 rings (SSSR count). The molecule has 0 aliphatic heterocycles. The number of pyridine rings is 1. The molecule has 0 saturated carbocycles. The molecule has 0 radical (unpaired) electrons. The summed E-state index contributed by atoms with van der Waals surface area (Å²) in [5, 5.41) is 28.2. The zero-order valence-corrected chi connectivity index (χ0v) is 21.2. The molecule has 2 unspecified atom stereocenters. The number of methoxy groups -OCH3 is 1. The Morgan fingerprint density at radius 3 is 2.70 bits per heavy atom. The van der Waals surface area contributed by atoms with Crippen LogP contribution in [0.3, 0.4) is 0 Å². The summed E-state index contributed by atoms with van der Waals surface area (Å²) in [6.07, 6.45) is 0.924. The van der Waals surface area contributed by atoms with Crippen molar-refractivity contribution in [3.8, 4) is 17.0 Å². The number of aliphatic hydroxyl groups is 2. The molecule has 37 heavy (non-hydrogen) atoms. The van der Waals surface area contributed by atoms with Gasteiger partial charge in [-0.3, -0.25) is 5.32 Å². The van der Waals surface area contributed by atoms with Crippen LogP contribution in [0, 0.1) is 0 Å². The van der Waals surface area contributed by atoms with Crippen LogP contribution in [0.15, 0.2) is 72.8 Å². The summed E-state index contributed by atoms with van der Waals surface area (Å²) in [7, 11) is 1.62. The molecule has 0 fully saturated rings. The summed E-state index contributed by atoms with van der Waals surface area (Å²) in [6, 6.07) is 23.4. The first kappa shape index (κ1) is 23.9. The smallest absolute Gasteiger partial charge is 0.132 e. The lowest BCUT2D eigenvalue weighted by atomic mass is 9.79. The third-order valence-electron chi connectivity index (χ3n) is 7.51. The Balaban J connectivity index is 1.41. The van der Waals surface area contributed by atoms with Crippen LogP contribution in [-0.4, -0.2) is 39.4 Å². The number of aryl methyl sites for hydroxylation is 1. The first-order valence-electron chi connectivity index (χ1n) is 12.4. The number of aliphatic hydroxyl groups excluding tert-OH is 2. The second kappa shape index (κ2) is 9.47. The van der Waals surface area contributed by atoms with Crippen LogP contribution in [0.5, 0.6) is 5.75 Å². The maximum Gasteiger partial charge on any atom is 0.132 e. The van der Waals surface area contributed by atoms with Crippen LogP contribution >= 0.6 is 11.6 Å². The van der Waals surface area contributed by atoms with Crippen molar-refractivity contribution in [3.63, 3.8) is 0 Å². The minimum Gasteiger partial charge on any atom is -0.497 e. The summed E-state index contributed by atoms with van der Waals surface area (Å²) in [6.45, 7) is -0.116. The molecule has 2 aromatic heterocycles. The van der Waals surface area contributed by atoms with Crippen molar-refractivity contribution in [2.24, 2.45) is 0 Å². The van der Waals surface area contributed by atoms with Crippen molar-refractivity contribution in [2.75, 3.05) is 13.7 Å². The first-order valence-corrected chi connectivity index (χ1v) is 12.8. The Hall–Kier alpha value is -3.42. The van der Waals surface area contributed by atoms with Gasteiger partial charge < -0.3 is 19.9 Å². The fourth-order valence-electron chi connectivity index (χ4n) is 5.51. The molecule has 188 valence electrons. The predicted molar refractivity (Wildman–Crippen MR) is 147 cm³/mol. The van der Waals surface area contributed by atoms with Gasteiger partial charge in [-0.05, 0) is 55.2 Å². The number of aromatic nitrogens is 2. The molecule has 4 N–H and O–H groups in total. The van der Waals surface area contributed by atoms with Crippen molar-refractivity contribution in [3.05, 3.63) is 94.6 Å². The average Bonchev–Trinajstić information content (AvgIpc) is 3.31. The topological polar surface area (TPSA) is 90.4 Å². The lowest BCUT2D eigenvalue weighted by molar-refractivity contribution is 0.0511. The number of nitrogens with one attached hydrogen (secondary N) is 2. The molecule has 2 heterocycles. The van der Waals surface area contributed by atoms with Crippen molar-refractivity contribution < 1.29 is 14.9 Å². The molecule has 1 aliphatic rings. The normalized spacial score (nSPS) is 18.2. The SMILES string of the molecule is COc1ccc2nc(-c3ccccc3)cc(C(O)NC3(CO)CCc4[nH]c5c(Cl)cccc5c4C3)c2c1. The fourth-order valence-corrected chi connectivity index (χ4v) is 5.73. The average molecular weight is 514 g/mol. The lowest BCUT2D eigenvalue weighted by Crippen LogP contribution is -2.53. The van der Waals surface area contributed by atoms with Gasteiger partial charge in [-0.1, -0.05) is 54.1 Å². The molecule has 0 spiro atoms. The van der Waals surface area contributed by atoms with Crippen molar-refractivity contribution in [1.29, 1.82) is 0 Å². The monoisotopic (exact) mass is 513 g/mol. The third kappa shape index (κ3) is 4.26. The molecule has 2 atom stereocenters. The number of benzene rings is 3. The lowest BCUT2D eigenvalue weighted by Gasteiger charge is -2.39. The van der Waals surface area contributed by atoms with Gasteiger partial charge in [0.25, 0.3) is 0 Å². The Bertz CT molecular complexity index is 1600. The van der Waals surface area contributed by atoms with Gasteiger partial charge in [0.15, 0.2) is 0 Å². The van der Waals surface area contributed by atoms with E-state index in [1.165, 1.54) is 0 Å². The maximum absolute atomic E-state index is 11.6. The van der Waals surface area contributed by atoms with Gasteiger partial charge in [-0.15, -0.1) is 0 Å². The van der Waals surface area contributed by atoms with E-state index in [-0.39, 0.29) is 6.61 Å². The molecule has 0 amide bonds. The fraction of sp³-hybridized carbons (Fsp3) is 0.233. The minimum absolute atomic E-state index is 0.116. The molecule has 1 aliphatic carbocycles. The number of halogens is 1. The molecular formula is C30H28ClN3O3. The van der Waals surface area contributed by atoms with Crippen LogP contribution in [0.2, 0.25) is 5.02 Å². The van der Waals surface area contributed by atoms with E-state index in [1.807, 2.05) is 66.7 Å². The van der Waals surface area contributed by atoms with Crippen molar-refractivity contribution in [1.82, 2.24) is 15.3 Å². The van der Waals surface area contributed by atoms with Crippen LogP contribution in [-0.2, 0) is 12.8 Å². The maximum atomic E-state index is 11.6. The number of hydrogen-bond donors (Lipinski definition) is 4. The van der Waals surface area contributed by atoms with Crippen LogP contribution in [0.1, 0.15) is 29.5 Å². The van der Waals surface area contributed by atoms with E-state index < -0.39 is 11.8 Å². The van der Waals surface area contributed by atoms with E-state index >= 15 is 0 Å². The van der Waals surface area contributed by atoms with E-state index in [4.69, 9.17) is 21.3 Å². The zero-order chi connectivity index (χ0) is 25.6. The minimum atomic E-state index is -1.04. The third-order valence-corrected chi connectivity index (χ3v) is 7.82. The quantitative estimate of drug-likeness (QED) is 0.224. The van der Waals surface area contributed by atoms with Crippen LogP contribution in [0.25, 0.3) is 33.1 Å². The molecular weight excluding hydrogens is 486 g/mol. The highest BCUT2D eigenvalue weighted by molar-refractivity contribution is 6.35. The summed E-state index contributed by atoms with van der Waals surface area (Å²) in [5.74, 6) is 0.685. The molecule has 3 aromatic carbocycles. The van der Waals surface area contributed by atoms with E-state index in [0.29, 0.717) is 29.2 Å². The number of nitrogens with zero attached hydrogens (tertiary/aromatic N) is 1. The second-order valence-corrected chi connectivity index (χ2v) is 10.2. The van der Waals surface area contributed by atoms with Gasteiger partial charge in [-0.2, -0.15) is 0 Å². The van der Waals surface area contributed by atoms with Gasteiger partial charge >= 0.3 is 0 Å². The van der Waals surface area contributed by atoms with E-state index in [1.54, 1.807) is 7.11 Å². The highest BCUT2D eigenvalue weighted by atomic mass is 35.5. The van der Waals surface area contributed by atoms with Crippen LogP contribution in [0.4, 0.5) is 0 Å². The Kier molecular flexibility index (Phi) is 6.13. The van der Waals surface area contributed by atoms with Crippen molar-refractivity contribution >= 4 is 33.4 Å². The predicted octanol–water partition coefficient (Wildman–Crippen LogP) is 5.55. The second-order valence-electron chi connectivity index (χ2n) is 9.75. The summed E-state index contributed by atoms with van der Waals surface area (Å²) >= 11 is 6.44. The first-order chi connectivity index (χ1) is 18.0. The van der Waals surface area contributed by atoms with E-state index in [2.05, 4.69) is 16.4 Å². The zero-order valence-electron chi connectivity index (χ0n) is 20.5. The standard InChI is InChI=1S/C30H28ClN3O3/c1-37-19-10-11-25-21(14-19)22(15-27(32-25)18-6-3-2-4-7-18)29(36)34-30(17-35)13-12-26-23(16-30)20-8-5-9-24(31)28(20)33-26/h2-11,14-15,29,33-36H,12-13,16-17H2,1H3. The van der Waals surface area contributed by atoms with E-state index in [0.717, 1.165) is 50.7 Å². The summed E-state index contributed by atoms with van der Waals surface area (Å²) in [5.41, 5.74) is 5.65. The molecule has 6 nitrogen and oxygen atoms in total. The van der Waals surface area contributed by atoms with Crippen molar-refractivity contribution in [2.45, 2.75) is 31.0 Å².